The summed E-state index contributed by atoms with van der Waals surface area (Å²) in [5.74, 6) is 1.80. The van der Waals surface area contributed by atoms with E-state index in [1.54, 1.807) is 0 Å². The minimum absolute atomic E-state index is 0.0187. The highest BCUT2D eigenvalue weighted by Crippen LogP contribution is 2.16. The van der Waals surface area contributed by atoms with Gasteiger partial charge in [-0.2, -0.15) is 0 Å². The molecule has 0 spiro atoms. The van der Waals surface area contributed by atoms with E-state index in [9.17, 15) is 4.79 Å². The SMILES string of the molecule is C[C@@H](C(=O)N1CCCCC1)N1CCN(Cc2ccc(CO)o2)CC1. The van der Waals surface area contributed by atoms with E-state index in [4.69, 9.17) is 9.52 Å². The van der Waals surface area contributed by atoms with Crippen molar-refractivity contribution in [3.05, 3.63) is 23.7 Å². The van der Waals surface area contributed by atoms with Crippen molar-refractivity contribution in [3.8, 4) is 0 Å². The Morgan fingerprint density at radius 2 is 1.75 bits per heavy atom. The molecule has 1 aromatic rings. The molecule has 6 nitrogen and oxygen atoms in total. The van der Waals surface area contributed by atoms with E-state index in [0.29, 0.717) is 11.7 Å². The van der Waals surface area contributed by atoms with Gasteiger partial charge < -0.3 is 14.4 Å². The van der Waals surface area contributed by atoms with E-state index in [1.807, 2.05) is 24.0 Å². The van der Waals surface area contributed by atoms with Gasteiger partial charge in [-0.3, -0.25) is 14.6 Å². The zero-order valence-electron chi connectivity index (χ0n) is 14.6. The molecular weight excluding hydrogens is 306 g/mol. The number of carbonyl (C=O) groups is 1. The van der Waals surface area contributed by atoms with E-state index in [2.05, 4.69) is 9.80 Å². The second-order valence-electron chi connectivity index (χ2n) is 6.90. The number of hydrogen-bond donors (Lipinski definition) is 1. The van der Waals surface area contributed by atoms with Crippen molar-refractivity contribution in [2.75, 3.05) is 39.3 Å². The van der Waals surface area contributed by atoms with Crippen LogP contribution in [0.2, 0.25) is 0 Å². The van der Waals surface area contributed by atoms with Crippen LogP contribution >= 0.6 is 0 Å². The van der Waals surface area contributed by atoms with E-state index in [0.717, 1.165) is 64.4 Å². The van der Waals surface area contributed by atoms with Crippen molar-refractivity contribution < 1.29 is 14.3 Å². The second-order valence-corrected chi connectivity index (χ2v) is 6.90. The number of amides is 1. The van der Waals surface area contributed by atoms with Crippen molar-refractivity contribution in [3.63, 3.8) is 0 Å². The maximum absolute atomic E-state index is 12.6. The van der Waals surface area contributed by atoms with E-state index < -0.39 is 0 Å². The number of rotatable bonds is 5. The number of aliphatic hydroxyl groups is 1. The summed E-state index contributed by atoms with van der Waals surface area (Å²) < 4.78 is 5.56. The van der Waals surface area contributed by atoms with Gasteiger partial charge in [-0.15, -0.1) is 0 Å². The maximum atomic E-state index is 12.6. The Kier molecular flexibility index (Phi) is 5.92. The molecule has 24 heavy (non-hydrogen) atoms. The number of hydrogen-bond acceptors (Lipinski definition) is 5. The number of piperidine rings is 1. The fourth-order valence-corrected chi connectivity index (χ4v) is 3.66. The molecule has 0 saturated carbocycles. The molecule has 2 fully saturated rings. The highest BCUT2D eigenvalue weighted by atomic mass is 16.4. The third kappa shape index (κ3) is 4.18. The molecule has 0 aliphatic carbocycles. The predicted octanol–water partition coefficient (Wildman–Crippen LogP) is 1.29. The van der Waals surface area contributed by atoms with Crippen molar-refractivity contribution in [1.29, 1.82) is 0 Å². The van der Waals surface area contributed by atoms with Gasteiger partial charge in [0.25, 0.3) is 0 Å². The first kappa shape index (κ1) is 17.5. The fraction of sp³-hybridized carbons (Fsp3) is 0.722. The van der Waals surface area contributed by atoms with Gasteiger partial charge in [0.05, 0.1) is 12.6 Å². The van der Waals surface area contributed by atoms with Gasteiger partial charge in [0.1, 0.15) is 18.1 Å². The topological polar surface area (TPSA) is 60.2 Å². The minimum Gasteiger partial charge on any atom is -0.462 e. The zero-order valence-corrected chi connectivity index (χ0v) is 14.6. The van der Waals surface area contributed by atoms with Gasteiger partial charge in [0.15, 0.2) is 0 Å². The molecule has 0 radical (unpaired) electrons. The van der Waals surface area contributed by atoms with Crippen LogP contribution in [0.15, 0.2) is 16.5 Å². The monoisotopic (exact) mass is 335 g/mol. The summed E-state index contributed by atoms with van der Waals surface area (Å²) in [5.41, 5.74) is 0. The zero-order chi connectivity index (χ0) is 16.9. The van der Waals surface area contributed by atoms with Crippen LogP contribution in [0, 0.1) is 0 Å². The first-order valence-corrected chi connectivity index (χ1v) is 9.11. The Bertz CT molecular complexity index is 531. The molecule has 2 aliphatic heterocycles. The van der Waals surface area contributed by atoms with Gasteiger partial charge in [-0.1, -0.05) is 0 Å². The molecule has 1 atom stereocenters. The summed E-state index contributed by atoms with van der Waals surface area (Å²) in [6, 6.07) is 3.74. The summed E-state index contributed by atoms with van der Waals surface area (Å²) >= 11 is 0. The lowest BCUT2D eigenvalue weighted by atomic mass is 10.1. The average molecular weight is 335 g/mol. The molecule has 3 rings (SSSR count). The third-order valence-electron chi connectivity index (χ3n) is 5.23. The third-order valence-corrected chi connectivity index (χ3v) is 5.23. The summed E-state index contributed by atoms with van der Waals surface area (Å²) in [7, 11) is 0. The van der Waals surface area contributed by atoms with Crippen LogP contribution in [-0.4, -0.2) is 71.0 Å². The molecule has 0 unspecified atom stereocenters. The second kappa shape index (κ2) is 8.14. The molecule has 2 aliphatic rings. The van der Waals surface area contributed by atoms with Crippen molar-refractivity contribution in [2.24, 2.45) is 0 Å². The molecule has 0 bridgehead atoms. The Morgan fingerprint density at radius 1 is 1.08 bits per heavy atom. The number of aliphatic hydroxyl groups excluding tert-OH is 1. The molecule has 1 N–H and O–H groups in total. The normalized spacial score (nSPS) is 21.8. The molecule has 1 aromatic heterocycles. The highest BCUT2D eigenvalue weighted by Gasteiger charge is 2.29. The Balaban J connectivity index is 1.46. The molecule has 3 heterocycles. The highest BCUT2D eigenvalue weighted by molar-refractivity contribution is 5.81. The van der Waals surface area contributed by atoms with Crippen LogP contribution < -0.4 is 0 Å². The maximum Gasteiger partial charge on any atom is 0.239 e. The Hall–Kier alpha value is -1.37. The standard InChI is InChI=1S/C18H29N3O3/c1-15(18(23)21-7-3-2-4-8-21)20-11-9-19(10-12-20)13-16-5-6-17(14-22)24-16/h5-6,15,22H,2-4,7-14H2,1H3/t15-/m0/s1. The number of nitrogens with zero attached hydrogens (tertiary/aromatic N) is 3. The largest absolute Gasteiger partial charge is 0.462 e. The minimum atomic E-state index is -0.0517. The van der Waals surface area contributed by atoms with Gasteiger partial charge in [-0.25, -0.2) is 0 Å². The van der Waals surface area contributed by atoms with Crippen LogP contribution in [0.4, 0.5) is 0 Å². The molecule has 0 aromatic carbocycles. The van der Waals surface area contributed by atoms with Crippen molar-refractivity contribution in [2.45, 2.75) is 45.4 Å². The molecule has 134 valence electrons. The van der Waals surface area contributed by atoms with E-state index in [-0.39, 0.29) is 12.6 Å². The first-order chi connectivity index (χ1) is 11.7. The van der Waals surface area contributed by atoms with Crippen LogP contribution in [0.5, 0.6) is 0 Å². The summed E-state index contributed by atoms with van der Waals surface area (Å²) in [6.45, 7) is 8.31. The molecule has 2 saturated heterocycles. The lowest BCUT2D eigenvalue weighted by molar-refractivity contribution is -0.138. The number of furan rings is 1. The van der Waals surface area contributed by atoms with Gasteiger partial charge >= 0.3 is 0 Å². The first-order valence-electron chi connectivity index (χ1n) is 9.11. The van der Waals surface area contributed by atoms with Crippen molar-refractivity contribution >= 4 is 5.91 Å². The smallest absolute Gasteiger partial charge is 0.239 e. The van der Waals surface area contributed by atoms with Crippen LogP contribution in [-0.2, 0) is 17.9 Å². The molecular formula is C18H29N3O3. The van der Waals surface area contributed by atoms with E-state index >= 15 is 0 Å². The average Bonchev–Trinajstić information content (AvgIpc) is 3.09. The van der Waals surface area contributed by atoms with Crippen molar-refractivity contribution in [1.82, 2.24) is 14.7 Å². The Labute approximate surface area is 144 Å². The van der Waals surface area contributed by atoms with Gasteiger partial charge in [0, 0.05) is 39.3 Å². The lowest BCUT2D eigenvalue weighted by Gasteiger charge is -2.39. The van der Waals surface area contributed by atoms with E-state index in [1.165, 1.54) is 6.42 Å². The number of piperazine rings is 1. The van der Waals surface area contributed by atoms with Crippen LogP contribution in [0.3, 0.4) is 0 Å². The van der Waals surface area contributed by atoms with Gasteiger partial charge in [0.2, 0.25) is 5.91 Å². The molecule has 1 amide bonds. The van der Waals surface area contributed by atoms with Gasteiger partial charge in [-0.05, 0) is 38.3 Å². The number of likely N-dealkylation sites (tertiary alicyclic amines) is 1. The number of carbonyl (C=O) groups excluding carboxylic acids is 1. The molecule has 6 heteroatoms. The van der Waals surface area contributed by atoms with Crippen LogP contribution in [0.25, 0.3) is 0 Å². The van der Waals surface area contributed by atoms with Crippen LogP contribution in [0.1, 0.15) is 37.7 Å². The summed E-state index contributed by atoms with van der Waals surface area (Å²) in [4.78, 5) is 19.3. The summed E-state index contributed by atoms with van der Waals surface area (Å²) in [6.07, 6.45) is 3.54. The fourth-order valence-electron chi connectivity index (χ4n) is 3.66. The lowest BCUT2D eigenvalue weighted by Crippen LogP contribution is -2.54. The predicted molar refractivity (Wildman–Crippen MR) is 91.4 cm³/mol. The Morgan fingerprint density at radius 3 is 2.38 bits per heavy atom. The summed E-state index contributed by atoms with van der Waals surface area (Å²) in [5, 5.41) is 9.06. The quantitative estimate of drug-likeness (QED) is 0.879.